The second kappa shape index (κ2) is 10.1. The lowest BCUT2D eigenvalue weighted by Crippen LogP contribution is -2.65. The fourth-order valence-electron chi connectivity index (χ4n) is 7.41. The molecule has 36 heavy (non-hydrogen) atoms. The van der Waals surface area contributed by atoms with E-state index in [1.165, 1.54) is 0 Å². The Morgan fingerprint density at radius 3 is 2.50 bits per heavy atom. The molecule has 0 amide bonds. The van der Waals surface area contributed by atoms with Crippen molar-refractivity contribution in [2.45, 2.75) is 64.8 Å². The summed E-state index contributed by atoms with van der Waals surface area (Å²) in [5, 5.41) is 44.1. The maximum Gasteiger partial charge on any atom is 0.153 e. The zero-order valence-electron chi connectivity index (χ0n) is 21.9. The minimum absolute atomic E-state index is 0.0121. The summed E-state index contributed by atoms with van der Waals surface area (Å²) in [4.78, 5) is 14.2. The Bertz CT molecular complexity index is 1010. The molecular weight excluding hydrogens is 456 g/mol. The van der Waals surface area contributed by atoms with Crippen LogP contribution in [-0.4, -0.2) is 63.8 Å². The summed E-state index contributed by atoms with van der Waals surface area (Å²) in [7, 11) is 0. The van der Waals surface area contributed by atoms with Gasteiger partial charge in [-0.3, -0.25) is 4.79 Å². The van der Waals surface area contributed by atoms with Crippen LogP contribution >= 0.6 is 0 Å². The monoisotopic (exact) mass is 498 g/mol. The van der Waals surface area contributed by atoms with Crippen molar-refractivity contribution in [3.63, 3.8) is 0 Å². The first-order valence-electron chi connectivity index (χ1n) is 13.3. The summed E-state index contributed by atoms with van der Waals surface area (Å²) >= 11 is 0. The molecule has 4 aliphatic carbocycles. The standard InChI is InChI=1S/C30H42O6/c1-5-6-7-8-9-10-11-12-13-36-18-28(4)23-14-20(3)29-16-19(2)25(32)30(29,35)26(33)21(17-31)15-22(24(23)28)27(29)34/h7-12,15-16,20,22-26,31-33,35H,5-6,13-14,17-18H2,1-4H3/b8-7-,10-9+,12-11-/t20-,22+,23-,24+,25+,26-,28-,29+,30-/m1/s1. The van der Waals surface area contributed by atoms with Crippen LogP contribution in [0.25, 0.3) is 0 Å². The minimum Gasteiger partial charge on any atom is -0.392 e. The van der Waals surface area contributed by atoms with E-state index >= 15 is 0 Å². The number of hydrogen-bond acceptors (Lipinski definition) is 6. The van der Waals surface area contributed by atoms with Crippen molar-refractivity contribution >= 4 is 5.78 Å². The van der Waals surface area contributed by atoms with Crippen LogP contribution in [0.5, 0.6) is 0 Å². The lowest BCUT2D eigenvalue weighted by molar-refractivity contribution is -0.190. The topological polar surface area (TPSA) is 107 Å². The summed E-state index contributed by atoms with van der Waals surface area (Å²) in [6, 6.07) is 0. The Labute approximate surface area is 214 Å². The highest BCUT2D eigenvalue weighted by Crippen LogP contribution is 2.71. The highest BCUT2D eigenvalue weighted by Gasteiger charge is 2.76. The van der Waals surface area contributed by atoms with Crippen molar-refractivity contribution in [2.75, 3.05) is 19.8 Å². The number of hydrogen-bond donors (Lipinski definition) is 4. The fraction of sp³-hybridized carbons (Fsp3) is 0.633. The number of aliphatic hydroxyl groups is 4. The van der Waals surface area contributed by atoms with Gasteiger partial charge in [-0.1, -0.05) is 75.8 Å². The molecule has 0 aromatic heterocycles. The number of aliphatic hydroxyl groups excluding tert-OH is 3. The van der Waals surface area contributed by atoms with Crippen molar-refractivity contribution in [1.82, 2.24) is 0 Å². The maximum atomic E-state index is 14.2. The van der Waals surface area contributed by atoms with Crippen LogP contribution in [0.3, 0.4) is 0 Å². The predicted molar refractivity (Wildman–Crippen MR) is 139 cm³/mol. The molecule has 0 aromatic carbocycles. The van der Waals surface area contributed by atoms with E-state index in [4.69, 9.17) is 4.74 Å². The van der Waals surface area contributed by atoms with Gasteiger partial charge in [0.25, 0.3) is 0 Å². The van der Waals surface area contributed by atoms with Crippen molar-refractivity contribution in [3.05, 3.63) is 59.8 Å². The number of allylic oxidation sites excluding steroid dienone is 6. The molecule has 2 saturated carbocycles. The Kier molecular flexibility index (Phi) is 7.67. The molecule has 0 aromatic rings. The molecule has 0 unspecified atom stereocenters. The summed E-state index contributed by atoms with van der Waals surface area (Å²) in [5.74, 6) is -0.846. The molecule has 4 N–H and O–H groups in total. The Balaban J connectivity index is 1.53. The van der Waals surface area contributed by atoms with Crippen molar-refractivity contribution in [1.29, 1.82) is 0 Å². The first-order chi connectivity index (χ1) is 17.1. The third kappa shape index (κ3) is 3.93. The van der Waals surface area contributed by atoms with Gasteiger partial charge < -0.3 is 25.2 Å². The Hall–Kier alpha value is -1.83. The fourth-order valence-corrected chi connectivity index (χ4v) is 7.41. The lowest BCUT2D eigenvalue weighted by Gasteiger charge is -2.48. The van der Waals surface area contributed by atoms with E-state index in [-0.39, 0.29) is 34.5 Å². The number of unbranched alkanes of at least 4 members (excludes halogenated alkanes) is 1. The zero-order chi connectivity index (χ0) is 26.3. The second-order valence-corrected chi connectivity index (χ2v) is 11.5. The SMILES string of the molecule is CCC\C=C/C=C/C=C\COC[C@@]1(C)[C@H]2[C@@H]3C=C(CO)[C@@H](O)[C@]4(O)[C@@H](O)C(C)=C[C@@]4(C3=O)[C@H](C)C[C@H]21. The van der Waals surface area contributed by atoms with Crippen molar-refractivity contribution in [2.24, 2.45) is 34.5 Å². The Morgan fingerprint density at radius 1 is 1.14 bits per heavy atom. The largest absolute Gasteiger partial charge is 0.392 e. The van der Waals surface area contributed by atoms with Gasteiger partial charge in [-0.2, -0.15) is 0 Å². The summed E-state index contributed by atoms with van der Waals surface area (Å²) < 4.78 is 6.02. The van der Waals surface area contributed by atoms with Gasteiger partial charge in [0.05, 0.1) is 25.2 Å². The normalized spacial score (nSPS) is 43.9. The van der Waals surface area contributed by atoms with Crippen LogP contribution in [0.4, 0.5) is 0 Å². The van der Waals surface area contributed by atoms with E-state index in [1.807, 2.05) is 37.3 Å². The van der Waals surface area contributed by atoms with Gasteiger partial charge in [0.1, 0.15) is 17.8 Å². The number of ketones is 1. The number of Topliss-reactive ketones (excluding diaryl/α,β-unsaturated/α-hetero) is 1. The third-order valence-corrected chi connectivity index (χ3v) is 9.41. The second-order valence-electron chi connectivity index (χ2n) is 11.5. The molecule has 0 radical (unpaired) electrons. The van der Waals surface area contributed by atoms with E-state index in [0.717, 1.165) is 12.8 Å². The van der Waals surface area contributed by atoms with Gasteiger partial charge in [-0.05, 0) is 54.1 Å². The molecule has 0 aliphatic heterocycles. The average Bonchev–Trinajstić information content (AvgIpc) is 3.39. The summed E-state index contributed by atoms with van der Waals surface area (Å²) in [5.41, 5.74) is -3.03. The van der Waals surface area contributed by atoms with Gasteiger partial charge in [0.15, 0.2) is 5.78 Å². The Morgan fingerprint density at radius 2 is 1.83 bits per heavy atom. The van der Waals surface area contributed by atoms with Gasteiger partial charge >= 0.3 is 0 Å². The van der Waals surface area contributed by atoms with Crippen LogP contribution in [0.2, 0.25) is 0 Å². The van der Waals surface area contributed by atoms with Crippen LogP contribution in [0.1, 0.15) is 47.0 Å². The molecule has 0 heterocycles. The van der Waals surface area contributed by atoms with Crippen LogP contribution in [0.15, 0.2) is 59.8 Å². The smallest absolute Gasteiger partial charge is 0.153 e. The quantitative estimate of drug-likeness (QED) is 0.221. The number of fused-ring (bicyclic) bond motifs is 3. The first-order valence-corrected chi connectivity index (χ1v) is 13.3. The molecule has 4 aliphatic rings. The molecule has 2 fully saturated rings. The third-order valence-electron chi connectivity index (χ3n) is 9.41. The molecule has 1 spiro atoms. The maximum absolute atomic E-state index is 14.2. The molecule has 198 valence electrons. The number of carbonyl (C=O) groups is 1. The highest BCUT2D eigenvalue weighted by atomic mass is 16.5. The van der Waals surface area contributed by atoms with E-state index < -0.39 is 35.7 Å². The lowest BCUT2D eigenvalue weighted by atomic mass is 9.59. The van der Waals surface area contributed by atoms with E-state index in [9.17, 15) is 25.2 Å². The molecule has 6 nitrogen and oxygen atoms in total. The van der Waals surface area contributed by atoms with Gasteiger partial charge in [0.2, 0.25) is 0 Å². The summed E-state index contributed by atoms with van der Waals surface area (Å²) in [6.07, 6.45) is 15.4. The number of carbonyl (C=O) groups excluding carboxylic acids is 1. The molecular formula is C30H42O6. The zero-order valence-corrected chi connectivity index (χ0v) is 21.9. The van der Waals surface area contributed by atoms with Crippen LogP contribution in [0, 0.1) is 34.5 Å². The van der Waals surface area contributed by atoms with E-state index in [0.29, 0.717) is 25.2 Å². The van der Waals surface area contributed by atoms with E-state index in [2.05, 4.69) is 19.9 Å². The number of ether oxygens (including phenoxy) is 1. The molecule has 4 rings (SSSR count). The van der Waals surface area contributed by atoms with Crippen LogP contribution < -0.4 is 0 Å². The molecule has 0 saturated heterocycles. The molecule has 6 heteroatoms. The first kappa shape index (κ1) is 27.2. The highest BCUT2D eigenvalue weighted by molar-refractivity contribution is 5.95. The predicted octanol–water partition coefficient (Wildman–Crippen LogP) is 3.28. The van der Waals surface area contributed by atoms with Gasteiger partial charge in [0, 0.05) is 5.92 Å². The van der Waals surface area contributed by atoms with Crippen molar-refractivity contribution in [3.8, 4) is 0 Å². The minimum atomic E-state index is -2.09. The number of rotatable bonds is 9. The van der Waals surface area contributed by atoms with Crippen molar-refractivity contribution < 1.29 is 30.0 Å². The van der Waals surface area contributed by atoms with Gasteiger partial charge in [-0.25, -0.2) is 0 Å². The van der Waals surface area contributed by atoms with Gasteiger partial charge in [-0.15, -0.1) is 0 Å². The molecule has 9 atom stereocenters. The van der Waals surface area contributed by atoms with E-state index in [1.54, 1.807) is 19.1 Å². The average molecular weight is 499 g/mol. The summed E-state index contributed by atoms with van der Waals surface area (Å²) in [6.45, 7) is 8.40. The molecule has 2 bridgehead atoms. The van der Waals surface area contributed by atoms with Crippen LogP contribution in [-0.2, 0) is 9.53 Å².